The van der Waals surface area contributed by atoms with E-state index in [1.54, 1.807) is 0 Å². The number of hydrogen-bond acceptors (Lipinski definition) is 4. The Morgan fingerprint density at radius 1 is 1.44 bits per heavy atom. The summed E-state index contributed by atoms with van der Waals surface area (Å²) in [6, 6.07) is 0. The molecule has 1 fully saturated rings. The number of nitrogen functional groups attached to an aromatic ring is 1. The predicted octanol–water partition coefficient (Wildman–Crippen LogP) is 1.74. The molecule has 0 aromatic carbocycles. The Morgan fingerprint density at radius 2 is 2.17 bits per heavy atom. The second kappa shape index (κ2) is 5.18. The molecule has 2 rings (SSSR count). The zero-order chi connectivity index (χ0) is 13.3. The van der Waals surface area contributed by atoms with E-state index in [1.807, 2.05) is 11.7 Å². The predicted molar refractivity (Wildman–Crippen MR) is 74.0 cm³/mol. The van der Waals surface area contributed by atoms with Crippen LogP contribution in [0.1, 0.15) is 38.8 Å². The van der Waals surface area contributed by atoms with Gasteiger partial charge in [-0.1, -0.05) is 13.8 Å². The first-order valence-electron chi connectivity index (χ1n) is 6.69. The van der Waals surface area contributed by atoms with Gasteiger partial charge in [0, 0.05) is 26.7 Å². The average Bonchev–Trinajstić information content (AvgIpc) is 2.47. The molecule has 5 nitrogen and oxygen atoms in total. The molecule has 0 aliphatic carbocycles. The number of anilines is 2. The summed E-state index contributed by atoms with van der Waals surface area (Å²) in [6.45, 7) is 9.03. The molecule has 1 aromatic rings. The monoisotopic (exact) mass is 252 g/mol. The summed E-state index contributed by atoms with van der Waals surface area (Å²) in [5, 5.41) is 4.55. The first kappa shape index (κ1) is 13.2. The van der Waals surface area contributed by atoms with Crippen LogP contribution in [0.5, 0.6) is 0 Å². The van der Waals surface area contributed by atoms with Crippen LogP contribution in [0.4, 0.5) is 11.5 Å². The molecule has 0 spiro atoms. The van der Waals surface area contributed by atoms with Gasteiger partial charge in [0.25, 0.3) is 0 Å². The Kier molecular flexibility index (Phi) is 3.80. The highest BCUT2D eigenvalue weighted by atomic mass is 16.5. The number of ether oxygens (including phenoxy) is 1. The maximum absolute atomic E-state index is 6.27. The zero-order valence-electron chi connectivity index (χ0n) is 11.8. The van der Waals surface area contributed by atoms with E-state index in [0.717, 1.165) is 43.3 Å². The summed E-state index contributed by atoms with van der Waals surface area (Å²) in [4.78, 5) is 2.30. The van der Waals surface area contributed by atoms with Gasteiger partial charge in [0.2, 0.25) is 0 Å². The molecule has 0 amide bonds. The van der Waals surface area contributed by atoms with Gasteiger partial charge in [0.15, 0.2) is 5.82 Å². The molecule has 2 N–H and O–H groups in total. The topological polar surface area (TPSA) is 56.3 Å². The highest BCUT2D eigenvalue weighted by Crippen LogP contribution is 2.31. The molecule has 1 aliphatic heterocycles. The standard InChI is InChI=1S/C13H24N4O/c1-9(2)12-11(14)13(16(4)15-12)17-6-5-7-18-10(3)8-17/h9-10H,5-8,14H2,1-4H3. The van der Waals surface area contributed by atoms with Gasteiger partial charge in [0.05, 0.1) is 17.5 Å². The Morgan fingerprint density at radius 3 is 2.78 bits per heavy atom. The molecule has 1 aromatic heterocycles. The van der Waals surface area contributed by atoms with E-state index in [9.17, 15) is 0 Å². The van der Waals surface area contributed by atoms with Crippen molar-refractivity contribution in [2.45, 2.75) is 39.2 Å². The zero-order valence-corrected chi connectivity index (χ0v) is 11.8. The van der Waals surface area contributed by atoms with Crippen LogP contribution in [0, 0.1) is 0 Å². The van der Waals surface area contributed by atoms with E-state index in [1.165, 1.54) is 0 Å². The summed E-state index contributed by atoms with van der Waals surface area (Å²) < 4.78 is 7.58. The number of aromatic nitrogens is 2. The summed E-state index contributed by atoms with van der Waals surface area (Å²) >= 11 is 0. The van der Waals surface area contributed by atoms with Crippen molar-refractivity contribution >= 4 is 11.5 Å². The summed E-state index contributed by atoms with van der Waals surface area (Å²) in [5.74, 6) is 1.39. The molecule has 0 radical (unpaired) electrons. The fourth-order valence-electron chi connectivity index (χ4n) is 2.54. The molecule has 1 unspecified atom stereocenters. The lowest BCUT2D eigenvalue weighted by atomic mass is 10.1. The van der Waals surface area contributed by atoms with Crippen molar-refractivity contribution in [1.29, 1.82) is 0 Å². The van der Waals surface area contributed by atoms with Gasteiger partial charge < -0.3 is 15.4 Å². The van der Waals surface area contributed by atoms with Crippen molar-refractivity contribution in [2.24, 2.45) is 7.05 Å². The largest absolute Gasteiger partial charge is 0.394 e. The fourth-order valence-corrected chi connectivity index (χ4v) is 2.54. The van der Waals surface area contributed by atoms with Crippen molar-refractivity contribution in [1.82, 2.24) is 9.78 Å². The first-order valence-corrected chi connectivity index (χ1v) is 6.69. The summed E-state index contributed by atoms with van der Waals surface area (Å²) in [5.41, 5.74) is 8.08. The SMILES string of the molecule is CC1CN(c2c(N)c(C(C)C)nn2C)CCCO1. The van der Waals surface area contributed by atoms with E-state index >= 15 is 0 Å². The van der Waals surface area contributed by atoms with Crippen LogP contribution in [-0.4, -0.2) is 35.6 Å². The fraction of sp³-hybridized carbons (Fsp3) is 0.769. The van der Waals surface area contributed by atoms with E-state index in [2.05, 4.69) is 30.8 Å². The Labute approximate surface area is 109 Å². The minimum absolute atomic E-state index is 0.240. The number of nitrogens with zero attached hydrogens (tertiary/aromatic N) is 3. The normalized spacial score (nSPS) is 21.4. The first-order chi connectivity index (χ1) is 8.50. The smallest absolute Gasteiger partial charge is 0.150 e. The summed E-state index contributed by atoms with van der Waals surface area (Å²) in [7, 11) is 1.97. The van der Waals surface area contributed by atoms with Crippen LogP contribution in [-0.2, 0) is 11.8 Å². The highest BCUT2D eigenvalue weighted by molar-refractivity contribution is 5.67. The molecule has 1 aliphatic rings. The van der Waals surface area contributed by atoms with Crippen molar-refractivity contribution in [3.05, 3.63) is 5.69 Å². The lowest BCUT2D eigenvalue weighted by molar-refractivity contribution is 0.0820. The van der Waals surface area contributed by atoms with Gasteiger partial charge in [-0.3, -0.25) is 4.68 Å². The summed E-state index contributed by atoms with van der Waals surface area (Å²) in [6.07, 6.45) is 1.27. The van der Waals surface area contributed by atoms with Crippen molar-refractivity contribution < 1.29 is 4.74 Å². The van der Waals surface area contributed by atoms with E-state index in [4.69, 9.17) is 10.5 Å². The van der Waals surface area contributed by atoms with Gasteiger partial charge in [-0.15, -0.1) is 0 Å². The van der Waals surface area contributed by atoms with E-state index in [0.29, 0.717) is 5.92 Å². The molecule has 1 saturated heterocycles. The number of rotatable bonds is 2. The molecule has 0 bridgehead atoms. The maximum atomic E-state index is 6.27. The van der Waals surface area contributed by atoms with Crippen LogP contribution in [0.25, 0.3) is 0 Å². The maximum Gasteiger partial charge on any atom is 0.150 e. The molecule has 2 heterocycles. The Bertz CT molecular complexity index is 413. The lowest BCUT2D eigenvalue weighted by Crippen LogP contribution is -2.32. The Balaban J connectivity index is 2.31. The third-order valence-corrected chi connectivity index (χ3v) is 3.38. The molecule has 5 heteroatoms. The van der Waals surface area contributed by atoms with Crippen molar-refractivity contribution in [3.8, 4) is 0 Å². The van der Waals surface area contributed by atoms with E-state index in [-0.39, 0.29) is 6.10 Å². The molecule has 102 valence electrons. The van der Waals surface area contributed by atoms with Crippen molar-refractivity contribution in [2.75, 3.05) is 30.3 Å². The molecular weight excluding hydrogens is 228 g/mol. The molecule has 18 heavy (non-hydrogen) atoms. The molecular formula is C13H24N4O. The van der Waals surface area contributed by atoms with Crippen LogP contribution >= 0.6 is 0 Å². The second-order valence-electron chi connectivity index (χ2n) is 5.38. The van der Waals surface area contributed by atoms with Gasteiger partial charge in [-0.2, -0.15) is 5.10 Å². The van der Waals surface area contributed by atoms with Gasteiger partial charge in [-0.05, 0) is 19.3 Å². The third-order valence-electron chi connectivity index (χ3n) is 3.38. The lowest BCUT2D eigenvalue weighted by Gasteiger charge is -2.24. The van der Waals surface area contributed by atoms with Gasteiger partial charge in [0.1, 0.15) is 0 Å². The van der Waals surface area contributed by atoms with Crippen LogP contribution < -0.4 is 10.6 Å². The highest BCUT2D eigenvalue weighted by Gasteiger charge is 2.23. The quantitative estimate of drug-likeness (QED) is 0.871. The molecule has 0 saturated carbocycles. The molecule has 1 atom stereocenters. The van der Waals surface area contributed by atoms with Crippen LogP contribution in [0.3, 0.4) is 0 Å². The van der Waals surface area contributed by atoms with Crippen LogP contribution in [0.15, 0.2) is 0 Å². The Hall–Kier alpha value is -1.23. The van der Waals surface area contributed by atoms with Crippen molar-refractivity contribution in [3.63, 3.8) is 0 Å². The van der Waals surface area contributed by atoms with Gasteiger partial charge in [-0.25, -0.2) is 0 Å². The number of nitrogens with two attached hydrogens (primary N) is 1. The van der Waals surface area contributed by atoms with Gasteiger partial charge >= 0.3 is 0 Å². The minimum Gasteiger partial charge on any atom is -0.394 e. The second-order valence-corrected chi connectivity index (χ2v) is 5.38. The average molecular weight is 252 g/mol. The van der Waals surface area contributed by atoms with E-state index < -0.39 is 0 Å². The number of aryl methyl sites for hydroxylation is 1. The van der Waals surface area contributed by atoms with Crippen LogP contribution in [0.2, 0.25) is 0 Å². The third kappa shape index (κ3) is 2.46. The minimum atomic E-state index is 0.240. The number of hydrogen-bond donors (Lipinski definition) is 1.